The lowest BCUT2D eigenvalue weighted by Crippen LogP contribution is -2.27. The molecule has 3 aromatic carbocycles. The molecule has 9 heteroatoms. The van der Waals surface area contributed by atoms with Gasteiger partial charge in [-0.15, -0.1) is 0 Å². The van der Waals surface area contributed by atoms with E-state index < -0.39 is 15.9 Å². The topological polar surface area (TPSA) is 88.6 Å². The van der Waals surface area contributed by atoms with Crippen LogP contribution in [0.3, 0.4) is 0 Å². The van der Waals surface area contributed by atoms with Gasteiger partial charge in [0, 0.05) is 18.6 Å². The Labute approximate surface area is 196 Å². The molecular weight excluding hydrogens is 462 g/mol. The minimum Gasteiger partial charge on any atom is -0.497 e. The first kappa shape index (κ1) is 22.6. The van der Waals surface area contributed by atoms with E-state index in [1.807, 2.05) is 12.1 Å². The van der Waals surface area contributed by atoms with Gasteiger partial charge in [0.25, 0.3) is 15.9 Å². The largest absolute Gasteiger partial charge is 0.497 e. The molecule has 1 N–H and O–H groups in total. The van der Waals surface area contributed by atoms with Gasteiger partial charge in [0.15, 0.2) is 0 Å². The normalized spacial score (nSPS) is 11.2. The van der Waals surface area contributed by atoms with Gasteiger partial charge in [-0.3, -0.25) is 14.1 Å². The zero-order valence-electron chi connectivity index (χ0n) is 17.8. The van der Waals surface area contributed by atoms with Gasteiger partial charge in [0.1, 0.15) is 5.75 Å². The Balaban J connectivity index is 1.66. The van der Waals surface area contributed by atoms with Crippen LogP contribution >= 0.6 is 11.6 Å². The fourth-order valence-electron chi connectivity index (χ4n) is 3.32. The van der Waals surface area contributed by atoms with Gasteiger partial charge in [0.05, 0.1) is 39.5 Å². The fourth-order valence-corrected chi connectivity index (χ4v) is 4.75. The number of methoxy groups -OCH3 is 1. The Morgan fingerprint density at radius 1 is 1.03 bits per heavy atom. The monoisotopic (exact) mass is 481 g/mol. The second-order valence-electron chi connectivity index (χ2n) is 7.15. The predicted octanol–water partition coefficient (Wildman–Crippen LogP) is 4.97. The third kappa shape index (κ3) is 4.48. The summed E-state index contributed by atoms with van der Waals surface area (Å²) in [6.07, 6.45) is 1.63. The zero-order valence-corrected chi connectivity index (χ0v) is 19.4. The van der Waals surface area contributed by atoms with Crippen molar-refractivity contribution in [2.24, 2.45) is 0 Å². The molecule has 4 aromatic rings. The molecule has 0 aliphatic heterocycles. The van der Waals surface area contributed by atoms with E-state index >= 15 is 0 Å². The van der Waals surface area contributed by atoms with Gasteiger partial charge in [-0.2, -0.15) is 0 Å². The summed E-state index contributed by atoms with van der Waals surface area (Å²) in [5, 5.41) is 3.78. The molecule has 33 heavy (non-hydrogen) atoms. The highest BCUT2D eigenvalue weighted by molar-refractivity contribution is 7.92. The molecule has 0 spiro atoms. The van der Waals surface area contributed by atoms with Crippen molar-refractivity contribution >= 4 is 49.8 Å². The summed E-state index contributed by atoms with van der Waals surface area (Å²) < 4.78 is 32.7. The van der Waals surface area contributed by atoms with E-state index in [2.05, 4.69) is 10.3 Å². The summed E-state index contributed by atoms with van der Waals surface area (Å²) in [5.74, 6) is 0.0697. The molecule has 0 fully saturated rings. The van der Waals surface area contributed by atoms with E-state index in [9.17, 15) is 13.2 Å². The SMILES string of the molecule is COc1ccc(N(C)S(=O)(=O)c2ccc(Cl)c(C(=O)Nc3cccc4cccnc34)c2)cc1. The van der Waals surface area contributed by atoms with Crippen molar-refractivity contribution in [1.82, 2.24) is 4.98 Å². The number of amides is 1. The van der Waals surface area contributed by atoms with Crippen LogP contribution < -0.4 is 14.4 Å². The summed E-state index contributed by atoms with van der Waals surface area (Å²) >= 11 is 6.26. The highest BCUT2D eigenvalue weighted by atomic mass is 35.5. The number of para-hydroxylation sites is 1. The molecule has 0 aliphatic carbocycles. The predicted molar refractivity (Wildman–Crippen MR) is 130 cm³/mol. The third-order valence-corrected chi connectivity index (χ3v) is 7.27. The Kier molecular flexibility index (Phi) is 6.22. The number of carbonyl (C=O) groups is 1. The maximum absolute atomic E-state index is 13.2. The Morgan fingerprint density at radius 3 is 2.48 bits per heavy atom. The first-order valence-corrected chi connectivity index (χ1v) is 11.7. The molecule has 0 atom stereocenters. The number of nitrogens with one attached hydrogen (secondary N) is 1. The summed E-state index contributed by atoms with van der Waals surface area (Å²) in [5.41, 5.74) is 1.60. The van der Waals surface area contributed by atoms with E-state index in [-0.39, 0.29) is 15.5 Å². The van der Waals surface area contributed by atoms with Crippen LogP contribution in [0.1, 0.15) is 10.4 Å². The smallest absolute Gasteiger partial charge is 0.264 e. The lowest BCUT2D eigenvalue weighted by Gasteiger charge is -2.20. The number of rotatable bonds is 6. The number of benzene rings is 3. The Morgan fingerprint density at radius 2 is 1.76 bits per heavy atom. The van der Waals surface area contributed by atoms with Crippen molar-refractivity contribution in [2.45, 2.75) is 4.90 Å². The van der Waals surface area contributed by atoms with Crippen molar-refractivity contribution < 1.29 is 17.9 Å². The van der Waals surface area contributed by atoms with Gasteiger partial charge in [-0.25, -0.2) is 8.42 Å². The van der Waals surface area contributed by atoms with Crippen LogP contribution in [0.2, 0.25) is 5.02 Å². The molecule has 0 radical (unpaired) electrons. The molecule has 1 heterocycles. The summed E-state index contributed by atoms with van der Waals surface area (Å²) in [6.45, 7) is 0. The van der Waals surface area contributed by atoms with Gasteiger partial charge in [-0.1, -0.05) is 29.8 Å². The van der Waals surface area contributed by atoms with Crippen molar-refractivity contribution in [3.63, 3.8) is 0 Å². The Hall–Kier alpha value is -3.62. The van der Waals surface area contributed by atoms with Gasteiger partial charge >= 0.3 is 0 Å². The quantitative estimate of drug-likeness (QED) is 0.420. The number of aromatic nitrogens is 1. The van der Waals surface area contributed by atoms with E-state index in [0.29, 0.717) is 22.6 Å². The maximum atomic E-state index is 13.2. The third-order valence-electron chi connectivity index (χ3n) is 5.16. The molecule has 0 aliphatic rings. The van der Waals surface area contributed by atoms with Crippen molar-refractivity contribution in [3.05, 3.63) is 89.6 Å². The number of sulfonamides is 1. The molecule has 4 rings (SSSR count). The lowest BCUT2D eigenvalue weighted by atomic mass is 10.1. The first-order chi connectivity index (χ1) is 15.8. The molecule has 0 saturated carbocycles. The fraction of sp³-hybridized carbons (Fsp3) is 0.0833. The molecule has 1 amide bonds. The molecule has 0 unspecified atom stereocenters. The molecular formula is C24H20ClN3O4S. The van der Waals surface area contributed by atoms with Crippen molar-refractivity contribution in [1.29, 1.82) is 0 Å². The number of ether oxygens (including phenoxy) is 1. The average Bonchev–Trinajstić information content (AvgIpc) is 2.84. The second kappa shape index (κ2) is 9.09. The van der Waals surface area contributed by atoms with Gasteiger partial charge in [0.2, 0.25) is 0 Å². The molecule has 0 bridgehead atoms. The van der Waals surface area contributed by atoms with Crippen LogP contribution in [0.4, 0.5) is 11.4 Å². The number of pyridine rings is 1. The summed E-state index contributed by atoms with van der Waals surface area (Å²) in [6, 6.07) is 19.7. The van der Waals surface area contributed by atoms with Gasteiger partial charge in [-0.05, 0) is 54.6 Å². The van der Waals surface area contributed by atoms with E-state index in [0.717, 1.165) is 9.69 Å². The number of hydrogen-bond donors (Lipinski definition) is 1. The molecule has 1 aromatic heterocycles. The second-order valence-corrected chi connectivity index (χ2v) is 9.52. The van der Waals surface area contributed by atoms with E-state index in [1.165, 1.54) is 32.4 Å². The van der Waals surface area contributed by atoms with Crippen molar-refractivity contribution in [2.75, 3.05) is 23.8 Å². The first-order valence-electron chi connectivity index (χ1n) is 9.89. The average molecular weight is 482 g/mol. The molecule has 168 valence electrons. The molecule has 0 saturated heterocycles. The maximum Gasteiger partial charge on any atom is 0.264 e. The lowest BCUT2D eigenvalue weighted by molar-refractivity contribution is 0.102. The van der Waals surface area contributed by atoms with Gasteiger partial charge < -0.3 is 10.1 Å². The van der Waals surface area contributed by atoms with Crippen molar-refractivity contribution in [3.8, 4) is 5.75 Å². The minimum absolute atomic E-state index is 0.0359. The number of fused-ring (bicyclic) bond motifs is 1. The number of hydrogen-bond acceptors (Lipinski definition) is 5. The molecule has 7 nitrogen and oxygen atoms in total. The Bertz CT molecular complexity index is 1430. The minimum atomic E-state index is -3.95. The number of anilines is 2. The van der Waals surface area contributed by atoms with Crippen LogP contribution in [0.25, 0.3) is 10.9 Å². The van der Waals surface area contributed by atoms with Crippen LogP contribution in [0, 0.1) is 0 Å². The zero-order chi connectivity index (χ0) is 23.6. The van der Waals surface area contributed by atoms with Crippen LogP contribution in [0.5, 0.6) is 5.75 Å². The highest BCUT2D eigenvalue weighted by Crippen LogP contribution is 2.28. The van der Waals surface area contributed by atoms with E-state index in [4.69, 9.17) is 16.3 Å². The van der Waals surface area contributed by atoms with Crippen LogP contribution in [-0.2, 0) is 10.0 Å². The van der Waals surface area contributed by atoms with Crippen LogP contribution in [0.15, 0.2) is 83.9 Å². The number of carbonyl (C=O) groups excluding carboxylic acids is 1. The number of nitrogens with zero attached hydrogens (tertiary/aromatic N) is 2. The summed E-state index contributed by atoms with van der Waals surface area (Å²) in [4.78, 5) is 17.3. The highest BCUT2D eigenvalue weighted by Gasteiger charge is 2.24. The van der Waals surface area contributed by atoms with Crippen LogP contribution in [-0.4, -0.2) is 33.5 Å². The summed E-state index contributed by atoms with van der Waals surface area (Å²) in [7, 11) is -0.981. The van der Waals surface area contributed by atoms with E-state index in [1.54, 1.807) is 48.7 Å². The number of halogens is 1. The standard InChI is InChI=1S/C24H20ClN3O4S/c1-28(17-8-10-18(32-2)11-9-17)33(30,31)19-12-13-21(25)20(15-19)24(29)27-22-7-3-5-16-6-4-14-26-23(16)22/h3-15H,1-2H3,(H,27,29).